The van der Waals surface area contributed by atoms with Crippen LogP contribution < -0.4 is 20.1 Å². The first-order valence-corrected chi connectivity index (χ1v) is 11.3. The van der Waals surface area contributed by atoms with Gasteiger partial charge >= 0.3 is 0 Å². The fourth-order valence-electron chi connectivity index (χ4n) is 2.56. The molecule has 0 aromatic heterocycles. The van der Waals surface area contributed by atoms with E-state index in [0.29, 0.717) is 17.0 Å². The van der Waals surface area contributed by atoms with Gasteiger partial charge in [-0.1, -0.05) is 19.1 Å². The summed E-state index contributed by atoms with van der Waals surface area (Å²) in [7, 11) is -3.51. The first-order chi connectivity index (χ1) is 14.3. The number of sulfonamides is 1. The van der Waals surface area contributed by atoms with Crippen LogP contribution in [0.15, 0.2) is 48.5 Å². The number of ether oxygens (including phenoxy) is 1. The van der Waals surface area contributed by atoms with E-state index in [1.54, 1.807) is 24.3 Å². The molecule has 0 aliphatic carbocycles. The maximum atomic E-state index is 12.1. The Kier molecular flexibility index (Phi) is 8.82. The van der Waals surface area contributed by atoms with Crippen LogP contribution in [0.25, 0.3) is 0 Å². The molecule has 8 nitrogen and oxygen atoms in total. The number of aryl methyl sites for hydroxylation is 1. The summed E-state index contributed by atoms with van der Waals surface area (Å²) in [6, 6.07) is 13.9. The molecule has 2 aromatic rings. The van der Waals surface area contributed by atoms with Crippen LogP contribution in [0.3, 0.4) is 0 Å². The number of nitrogens with one attached hydrogen (secondary N) is 3. The van der Waals surface area contributed by atoms with Gasteiger partial charge in [0, 0.05) is 31.3 Å². The number of amides is 2. The molecule has 162 valence electrons. The Bertz CT molecular complexity index is 942. The molecule has 3 N–H and O–H groups in total. The molecule has 0 saturated carbocycles. The summed E-state index contributed by atoms with van der Waals surface area (Å²) in [5.41, 5.74) is 2.19. The molecule has 0 radical (unpaired) electrons. The molecule has 0 spiro atoms. The Morgan fingerprint density at radius 1 is 0.967 bits per heavy atom. The van der Waals surface area contributed by atoms with E-state index in [2.05, 4.69) is 22.3 Å². The van der Waals surface area contributed by atoms with Gasteiger partial charge in [-0.2, -0.15) is 0 Å². The molecule has 0 saturated heterocycles. The van der Waals surface area contributed by atoms with E-state index in [-0.39, 0.29) is 37.3 Å². The van der Waals surface area contributed by atoms with E-state index < -0.39 is 10.0 Å². The molecule has 2 rings (SSSR count). The second-order valence-corrected chi connectivity index (χ2v) is 8.50. The minimum atomic E-state index is -3.51. The van der Waals surface area contributed by atoms with Gasteiger partial charge in [0.25, 0.3) is 5.91 Å². The lowest BCUT2D eigenvalue weighted by molar-refractivity contribution is -0.114. The zero-order chi connectivity index (χ0) is 22.0. The minimum Gasteiger partial charge on any atom is -0.492 e. The van der Waals surface area contributed by atoms with Gasteiger partial charge in [0.05, 0.1) is 5.75 Å². The van der Waals surface area contributed by atoms with E-state index >= 15 is 0 Å². The fourth-order valence-corrected chi connectivity index (χ4v) is 3.42. The number of benzene rings is 2. The second kappa shape index (κ2) is 11.3. The number of hydrogen-bond donors (Lipinski definition) is 3. The molecular weight excluding hydrogens is 406 g/mol. The van der Waals surface area contributed by atoms with Gasteiger partial charge in [0.1, 0.15) is 12.4 Å². The summed E-state index contributed by atoms with van der Waals surface area (Å²) >= 11 is 0. The van der Waals surface area contributed by atoms with Crippen molar-refractivity contribution in [1.82, 2.24) is 10.0 Å². The third-order valence-electron chi connectivity index (χ3n) is 4.15. The smallest absolute Gasteiger partial charge is 0.251 e. The summed E-state index contributed by atoms with van der Waals surface area (Å²) in [5, 5.41) is 5.25. The van der Waals surface area contributed by atoms with Gasteiger partial charge in [-0.15, -0.1) is 0 Å². The van der Waals surface area contributed by atoms with E-state index in [0.717, 1.165) is 6.42 Å². The largest absolute Gasteiger partial charge is 0.492 e. The van der Waals surface area contributed by atoms with Crippen LogP contribution in [0.4, 0.5) is 5.69 Å². The van der Waals surface area contributed by atoms with Crippen LogP contribution in [0.2, 0.25) is 0 Å². The Hall–Kier alpha value is -2.91. The van der Waals surface area contributed by atoms with Crippen molar-refractivity contribution in [2.75, 3.05) is 30.8 Å². The van der Waals surface area contributed by atoms with Crippen LogP contribution in [-0.2, 0) is 21.2 Å². The topological polar surface area (TPSA) is 114 Å². The zero-order valence-corrected chi connectivity index (χ0v) is 17.9. The summed E-state index contributed by atoms with van der Waals surface area (Å²) in [4.78, 5) is 23.1. The number of hydrogen-bond acceptors (Lipinski definition) is 5. The van der Waals surface area contributed by atoms with Crippen LogP contribution in [0.1, 0.15) is 29.8 Å². The van der Waals surface area contributed by atoms with Crippen molar-refractivity contribution in [3.05, 3.63) is 59.7 Å². The summed E-state index contributed by atoms with van der Waals surface area (Å²) in [6.45, 7) is 3.71. The molecule has 0 unspecified atom stereocenters. The Labute approximate surface area is 177 Å². The van der Waals surface area contributed by atoms with Crippen molar-refractivity contribution in [3.63, 3.8) is 0 Å². The Morgan fingerprint density at radius 2 is 1.63 bits per heavy atom. The van der Waals surface area contributed by atoms with Crippen molar-refractivity contribution in [2.24, 2.45) is 0 Å². The van der Waals surface area contributed by atoms with E-state index in [9.17, 15) is 18.0 Å². The second-order valence-electron chi connectivity index (χ2n) is 6.57. The van der Waals surface area contributed by atoms with Crippen LogP contribution in [-0.4, -0.2) is 45.7 Å². The van der Waals surface area contributed by atoms with Crippen molar-refractivity contribution >= 4 is 27.5 Å². The fraction of sp³-hybridized carbons (Fsp3) is 0.333. The highest BCUT2D eigenvalue weighted by Gasteiger charge is 2.11. The van der Waals surface area contributed by atoms with Gasteiger partial charge in [-0.05, 0) is 48.4 Å². The van der Waals surface area contributed by atoms with E-state index in [1.165, 1.54) is 12.5 Å². The molecule has 0 atom stereocenters. The van der Waals surface area contributed by atoms with Crippen molar-refractivity contribution in [1.29, 1.82) is 0 Å². The number of carbonyl (C=O) groups excluding carboxylic acids is 2. The van der Waals surface area contributed by atoms with E-state index in [4.69, 9.17) is 4.74 Å². The predicted octanol–water partition coefficient (Wildman–Crippen LogP) is 1.94. The SMILES string of the molecule is CCc1ccc(OCCS(=O)(=O)NCCNC(=O)c2ccc(NC(C)=O)cc2)cc1. The average Bonchev–Trinajstić information content (AvgIpc) is 2.71. The molecular formula is C21H27N3O5S. The van der Waals surface area contributed by atoms with E-state index in [1.807, 2.05) is 24.3 Å². The lowest BCUT2D eigenvalue weighted by Gasteiger charge is -2.10. The lowest BCUT2D eigenvalue weighted by Crippen LogP contribution is -2.36. The summed E-state index contributed by atoms with van der Waals surface area (Å²) < 4.78 is 31.9. The first-order valence-electron chi connectivity index (χ1n) is 9.64. The van der Waals surface area contributed by atoms with Crippen molar-refractivity contribution < 1.29 is 22.7 Å². The first kappa shape index (κ1) is 23.4. The third kappa shape index (κ3) is 8.22. The van der Waals surface area contributed by atoms with Gasteiger partial charge < -0.3 is 15.4 Å². The molecule has 9 heteroatoms. The Morgan fingerprint density at radius 3 is 2.23 bits per heavy atom. The highest BCUT2D eigenvalue weighted by Crippen LogP contribution is 2.12. The minimum absolute atomic E-state index is 0.0355. The summed E-state index contributed by atoms with van der Waals surface area (Å²) in [5.74, 6) is -0.0814. The maximum Gasteiger partial charge on any atom is 0.251 e. The zero-order valence-electron chi connectivity index (χ0n) is 17.1. The molecule has 0 aliphatic heterocycles. The predicted molar refractivity (Wildman–Crippen MR) is 116 cm³/mol. The van der Waals surface area contributed by atoms with Crippen LogP contribution in [0, 0.1) is 0 Å². The molecule has 0 aliphatic rings. The quantitative estimate of drug-likeness (QED) is 0.469. The third-order valence-corrected chi connectivity index (χ3v) is 5.50. The Balaban J connectivity index is 1.67. The molecule has 0 bridgehead atoms. The maximum absolute atomic E-state index is 12.1. The normalized spacial score (nSPS) is 11.0. The van der Waals surface area contributed by atoms with Gasteiger partial charge in [-0.25, -0.2) is 13.1 Å². The van der Waals surface area contributed by atoms with Gasteiger partial charge in [0.2, 0.25) is 15.9 Å². The average molecular weight is 434 g/mol. The molecule has 0 heterocycles. The molecule has 0 fully saturated rings. The standard InChI is InChI=1S/C21H27N3O5S/c1-3-17-4-10-20(11-5-17)29-14-15-30(27,28)23-13-12-22-21(26)18-6-8-19(9-7-18)24-16(2)25/h4-11,23H,3,12-15H2,1-2H3,(H,22,26)(H,24,25). The van der Waals surface area contributed by atoms with Gasteiger partial charge in [-0.3, -0.25) is 9.59 Å². The molecule has 30 heavy (non-hydrogen) atoms. The van der Waals surface area contributed by atoms with Crippen molar-refractivity contribution in [2.45, 2.75) is 20.3 Å². The highest BCUT2D eigenvalue weighted by atomic mass is 32.2. The van der Waals surface area contributed by atoms with Crippen molar-refractivity contribution in [3.8, 4) is 5.75 Å². The summed E-state index contributed by atoms with van der Waals surface area (Å²) in [6.07, 6.45) is 0.928. The monoisotopic (exact) mass is 433 g/mol. The van der Waals surface area contributed by atoms with Gasteiger partial charge in [0.15, 0.2) is 0 Å². The number of anilines is 1. The number of carbonyl (C=O) groups is 2. The number of rotatable bonds is 11. The highest BCUT2D eigenvalue weighted by molar-refractivity contribution is 7.89. The lowest BCUT2D eigenvalue weighted by atomic mass is 10.2. The molecule has 2 aromatic carbocycles. The van der Waals surface area contributed by atoms with Crippen LogP contribution >= 0.6 is 0 Å². The van der Waals surface area contributed by atoms with Crippen LogP contribution in [0.5, 0.6) is 5.75 Å². The molecule has 2 amide bonds.